The van der Waals surface area contributed by atoms with Gasteiger partial charge in [0.2, 0.25) is 11.7 Å². The normalized spacial score (nSPS) is 19.1. The first kappa shape index (κ1) is 12.8. The minimum Gasteiger partial charge on any atom is -0.481 e. The molecule has 10 heteroatoms. The van der Waals surface area contributed by atoms with Gasteiger partial charge in [-0.3, -0.25) is 19.4 Å². The van der Waals surface area contributed by atoms with Gasteiger partial charge in [0.25, 0.3) is 5.56 Å². The highest BCUT2D eigenvalue weighted by atomic mass is 16.4. The van der Waals surface area contributed by atoms with Gasteiger partial charge >= 0.3 is 11.7 Å². The van der Waals surface area contributed by atoms with Crippen molar-refractivity contribution >= 4 is 17.7 Å². The fraction of sp³-hybridized carbons (Fsp3) is 0.444. The van der Waals surface area contributed by atoms with Gasteiger partial charge in [0.15, 0.2) is 0 Å². The number of carboxylic acids is 1. The third-order valence-electron chi connectivity index (χ3n) is 2.66. The Hall–Kier alpha value is -2.65. The van der Waals surface area contributed by atoms with Gasteiger partial charge in [0.05, 0.1) is 6.42 Å². The third-order valence-corrected chi connectivity index (χ3v) is 2.66. The van der Waals surface area contributed by atoms with Gasteiger partial charge in [-0.2, -0.15) is 0 Å². The van der Waals surface area contributed by atoms with Gasteiger partial charge in [-0.25, -0.2) is 9.89 Å². The van der Waals surface area contributed by atoms with Crippen molar-refractivity contribution in [3.05, 3.63) is 20.8 Å². The van der Waals surface area contributed by atoms with Crippen LogP contribution in [-0.4, -0.2) is 51.3 Å². The molecule has 1 aromatic heterocycles. The number of aliphatic carboxylic acids is 1. The van der Waals surface area contributed by atoms with E-state index in [0.29, 0.717) is 0 Å². The molecule has 1 aliphatic heterocycles. The molecule has 0 aromatic carbocycles. The lowest BCUT2D eigenvalue weighted by atomic mass is 10.1. The number of amides is 1. The number of aromatic nitrogens is 3. The van der Waals surface area contributed by atoms with E-state index in [1.165, 1.54) is 4.90 Å². The smallest absolute Gasteiger partial charge is 0.342 e. The highest BCUT2D eigenvalue weighted by molar-refractivity contribution is 5.89. The summed E-state index contributed by atoms with van der Waals surface area (Å²) < 4.78 is 0. The van der Waals surface area contributed by atoms with Crippen LogP contribution in [0.15, 0.2) is 9.59 Å². The lowest BCUT2D eigenvalue weighted by Gasteiger charge is -2.34. The van der Waals surface area contributed by atoms with Crippen molar-refractivity contribution in [1.82, 2.24) is 20.5 Å². The molecule has 0 radical (unpaired) electrons. The Labute approximate surface area is 105 Å². The number of nitrogens with zero attached hydrogens (tertiary/aromatic N) is 2. The molecule has 0 bridgehead atoms. The number of nitrogens with one attached hydrogen (secondary N) is 3. The molecule has 1 saturated heterocycles. The van der Waals surface area contributed by atoms with Crippen LogP contribution in [0.5, 0.6) is 0 Å². The topological polar surface area (TPSA) is 148 Å². The van der Waals surface area contributed by atoms with Crippen LogP contribution in [0.4, 0.5) is 5.82 Å². The highest BCUT2D eigenvalue weighted by Crippen LogP contribution is 2.13. The first-order valence-electron chi connectivity index (χ1n) is 5.44. The largest absolute Gasteiger partial charge is 0.481 e. The molecule has 102 valence electrons. The van der Waals surface area contributed by atoms with E-state index in [1.807, 2.05) is 10.1 Å². The predicted molar refractivity (Wildman–Crippen MR) is 61.9 cm³/mol. The molecule has 0 aliphatic carbocycles. The van der Waals surface area contributed by atoms with Crippen LogP contribution in [0.25, 0.3) is 0 Å². The second kappa shape index (κ2) is 4.92. The van der Waals surface area contributed by atoms with Crippen LogP contribution in [0.1, 0.15) is 6.42 Å². The fourth-order valence-electron chi connectivity index (χ4n) is 1.87. The molecule has 4 N–H and O–H groups in total. The van der Waals surface area contributed by atoms with Crippen LogP contribution >= 0.6 is 0 Å². The van der Waals surface area contributed by atoms with Gasteiger partial charge in [-0.1, -0.05) is 0 Å². The van der Waals surface area contributed by atoms with Crippen molar-refractivity contribution in [2.24, 2.45) is 0 Å². The Morgan fingerprint density at radius 3 is 2.79 bits per heavy atom. The molecule has 1 atom stereocenters. The number of carbonyl (C=O) groups is 2. The van der Waals surface area contributed by atoms with E-state index in [1.54, 1.807) is 0 Å². The van der Waals surface area contributed by atoms with Crippen LogP contribution in [0.3, 0.4) is 0 Å². The molecule has 10 nitrogen and oxygen atoms in total. The van der Waals surface area contributed by atoms with E-state index in [9.17, 15) is 19.2 Å². The van der Waals surface area contributed by atoms with Crippen molar-refractivity contribution in [3.8, 4) is 0 Å². The maximum atomic E-state index is 11.7. The lowest BCUT2D eigenvalue weighted by Crippen LogP contribution is -2.57. The average Bonchev–Trinajstić information content (AvgIpc) is 2.32. The lowest BCUT2D eigenvalue weighted by molar-refractivity contribution is -0.139. The van der Waals surface area contributed by atoms with Crippen molar-refractivity contribution < 1.29 is 14.7 Å². The summed E-state index contributed by atoms with van der Waals surface area (Å²) in [5.41, 5.74) is -1.54. The number of aromatic amines is 2. The van der Waals surface area contributed by atoms with Gasteiger partial charge < -0.3 is 15.3 Å². The number of anilines is 1. The summed E-state index contributed by atoms with van der Waals surface area (Å²) in [6, 6.07) is -1.04. The quantitative estimate of drug-likeness (QED) is 0.464. The molecule has 1 aliphatic rings. The first-order valence-corrected chi connectivity index (χ1v) is 5.44. The minimum atomic E-state index is -1.17. The van der Waals surface area contributed by atoms with E-state index < -0.39 is 35.6 Å². The molecular weight excluding hydrogens is 258 g/mol. The summed E-state index contributed by atoms with van der Waals surface area (Å²) in [5.74, 6) is -1.85. The molecule has 2 rings (SSSR count). The number of H-pyrrole nitrogens is 2. The van der Waals surface area contributed by atoms with E-state index in [-0.39, 0.29) is 18.9 Å². The van der Waals surface area contributed by atoms with Crippen molar-refractivity contribution in [3.63, 3.8) is 0 Å². The Bertz CT molecular complexity index is 620. The Kier molecular flexibility index (Phi) is 3.31. The molecule has 1 unspecified atom stereocenters. The number of hydrogen-bond donors (Lipinski definition) is 4. The van der Waals surface area contributed by atoms with Crippen LogP contribution in [0.2, 0.25) is 0 Å². The maximum absolute atomic E-state index is 11.7. The maximum Gasteiger partial charge on any atom is 0.342 e. The van der Waals surface area contributed by atoms with Crippen LogP contribution < -0.4 is 21.5 Å². The van der Waals surface area contributed by atoms with Gasteiger partial charge in [-0.15, -0.1) is 5.10 Å². The monoisotopic (exact) mass is 269 g/mol. The summed E-state index contributed by atoms with van der Waals surface area (Å²) >= 11 is 0. The molecule has 1 amide bonds. The Morgan fingerprint density at radius 1 is 1.42 bits per heavy atom. The van der Waals surface area contributed by atoms with Gasteiger partial charge in [0, 0.05) is 13.1 Å². The summed E-state index contributed by atoms with van der Waals surface area (Å²) in [6.45, 7) is 0.487. The van der Waals surface area contributed by atoms with E-state index in [0.717, 1.165) is 0 Å². The zero-order valence-corrected chi connectivity index (χ0v) is 9.67. The SMILES string of the molecule is O=C(O)CC1C(=O)NCCN1c1n[nH]c(=O)[nH]c1=O. The molecule has 0 saturated carbocycles. The van der Waals surface area contributed by atoms with E-state index in [2.05, 4.69) is 10.4 Å². The Balaban J connectivity index is 2.39. The second-order valence-corrected chi connectivity index (χ2v) is 3.93. The molecule has 0 spiro atoms. The van der Waals surface area contributed by atoms with E-state index in [4.69, 9.17) is 5.11 Å². The number of piperazine rings is 1. The van der Waals surface area contributed by atoms with Crippen LogP contribution in [0, 0.1) is 0 Å². The van der Waals surface area contributed by atoms with Gasteiger partial charge in [0.1, 0.15) is 6.04 Å². The van der Waals surface area contributed by atoms with Crippen molar-refractivity contribution in [2.75, 3.05) is 18.0 Å². The average molecular weight is 269 g/mol. The number of hydrogen-bond acceptors (Lipinski definition) is 6. The molecular formula is C9H11N5O5. The number of rotatable bonds is 3. The van der Waals surface area contributed by atoms with E-state index >= 15 is 0 Å². The summed E-state index contributed by atoms with van der Waals surface area (Å²) in [4.78, 5) is 48.2. The zero-order chi connectivity index (χ0) is 14.0. The first-order chi connectivity index (χ1) is 8.99. The van der Waals surface area contributed by atoms with Crippen molar-refractivity contribution in [2.45, 2.75) is 12.5 Å². The number of carbonyl (C=O) groups excluding carboxylic acids is 1. The zero-order valence-electron chi connectivity index (χ0n) is 9.67. The summed E-state index contributed by atoms with van der Waals surface area (Å²) in [5, 5.41) is 16.9. The van der Waals surface area contributed by atoms with Crippen LogP contribution in [-0.2, 0) is 9.59 Å². The molecule has 1 fully saturated rings. The van der Waals surface area contributed by atoms with Crippen molar-refractivity contribution in [1.29, 1.82) is 0 Å². The summed E-state index contributed by atoms with van der Waals surface area (Å²) in [6.07, 6.45) is -0.466. The third kappa shape index (κ3) is 2.61. The second-order valence-electron chi connectivity index (χ2n) is 3.93. The molecule has 2 heterocycles. The summed E-state index contributed by atoms with van der Waals surface area (Å²) in [7, 11) is 0. The van der Waals surface area contributed by atoms with Gasteiger partial charge in [-0.05, 0) is 0 Å². The fourth-order valence-corrected chi connectivity index (χ4v) is 1.87. The number of carboxylic acid groups (broad SMARTS) is 1. The predicted octanol–water partition coefficient (Wildman–Crippen LogP) is -2.76. The Morgan fingerprint density at radius 2 is 2.16 bits per heavy atom. The standard InChI is InChI=1S/C9H11N5O5/c15-5(16)3-4-7(17)10-1-2-14(4)6-8(18)11-9(19)13-12-6/h4H,1-3H2,(H,10,17)(H,15,16)(H2,11,13,18,19). The highest BCUT2D eigenvalue weighted by Gasteiger charge is 2.33. The molecule has 19 heavy (non-hydrogen) atoms. The molecule has 1 aromatic rings. The minimum absolute atomic E-state index is 0.180.